The van der Waals surface area contributed by atoms with Crippen LogP contribution in [-0.2, 0) is 6.42 Å². The van der Waals surface area contributed by atoms with Gasteiger partial charge in [-0.05, 0) is 18.6 Å². The fraction of sp³-hybridized carbons (Fsp3) is 0.333. The summed E-state index contributed by atoms with van der Waals surface area (Å²) in [6.45, 7) is 4.87. The number of aryl methyl sites for hydroxylation is 1. The number of nitrogens with zero attached hydrogens (tertiary/aromatic N) is 2. The highest BCUT2D eigenvalue weighted by Gasteiger charge is 2.07. The zero-order valence-corrected chi connectivity index (χ0v) is 12.7. The maximum Gasteiger partial charge on any atom is 0.224 e. The van der Waals surface area contributed by atoms with E-state index in [9.17, 15) is 4.39 Å². The Hall–Kier alpha value is -1.88. The Kier molecular flexibility index (Phi) is 5.33. The van der Waals surface area contributed by atoms with Crippen LogP contribution in [0.3, 0.4) is 0 Å². The first-order chi connectivity index (χ1) is 10.1. The number of benzene rings is 1. The molecule has 1 N–H and O–H groups in total. The zero-order valence-electron chi connectivity index (χ0n) is 12.0. The van der Waals surface area contributed by atoms with E-state index in [1.807, 2.05) is 6.92 Å². The third kappa shape index (κ3) is 4.29. The summed E-state index contributed by atoms with van der Waals surface area (Å²) in [6, 6.07) is 5.90. The van der Waals surface area contributed by atoms with Crippen molar-refractivity contribution in [2.24, 2.45) is 0 Å². The number of nitrogens with one attached hydrogen (secondary N) is 1. The Morgan fingerprint density at radius 2 is 2.05 bits per heavy atom. The third-order valence-corrected chi connectivity index (χ3v) is 3.02. The molecule has 2 aromatic rings. The molecule has 1 heterocycles. The first-order valence-electron chi connectivity index (χ1n) is 6.87. The Labute approximate surface area is 128 Å². The van der Waals surface area contributed by atoms with Gasteiger partial charge in [-0.15, -0.1) is 0 Å². The molecule has 112 valence electrons. The minimum Gasteiger partial charge on any atom is -0.439 e. The van der Waals surface area contributed by atoms with Crippen molar-refractivity contribution >= 4 is 17.4 Å². The van der Waals surface area contributed by atoms with Crippen molar-refractivity contribution in [1.29, 1.82) is 0 Å². The highest BCUT2D eigenvalue weighted by molar-refractivity contribution is 6.30. The minimum atomic E-state index is -0.480. The van der Waals surface area contributed by atoms with Gasteiger partial charge in [0.15, 0.2) is 0 Å². The average Bonchev–Trinajstić information content (AvgIpc) is 2.48. The number of rotatable bonds is 6. The molecule has 0 aliphatic carbocycles. The van der Waals surface area contributed by atoms with Crippen LogP contribution >= 0.6 is 11.6 Å². The summed E-state index contributed by atoms with van der Waals surface area (Å²) in [5.41, 5.74) is 0. The highest BCUT2D eigenvalue weighted by Crippen LogP contribution is 2.26. The van der Waals surface area contributed by atoms with Gasteiger partial charge in [0, 0.05) is 25.1 Å². The molecule has 1 aromatic carbocycles. The lowest BCUT2D eigenvalue weighted by atomic mass is 10.3. The van der Waals surface area contributed by atoms with E-state index in [0.29, 0.717) is 29.7 Å². The van der Waals surface area contributed by atoms with Crippen molar-refractivity contribution in [3.05, 3.63) is 40.9 Å². The lowest BCUT2D eigenvalue weighted by molar-refractivity contribution is 0.457. The zero-order chi connectivity index (χ0) is 15.2. The van der Waals surface area contributed by atoms with Crippen LogP contribution in [-0.4, -0.2) is 16.5 Å². The summed E-state index contributed by atoms with van der Waals surface area (Å²) >= 11 is 5.74. The van der Waals surface area contributed by atoms with Crippen LogP contribution in [0.4, 0.5) is 10.2 Å². The molecule has 0 amide bonds. The number of hydrogen-bond donors (Lipinski definition) is 1. The first-order valence-corrected chi connectivity index (χ1v) is 7.25. The standard InChI is InChI=1S/C15H17ClFN3O/c1-3-7-18-14-9-15(20-13(4-2)19-14)21-10-5-6-12(17)11(16)8-10/h5-6,8-9H,3-4,7H2,1-2H3,(H,18,19,20). The Morgan fingerprint density at radius 1 is 1.24 bits per heavy atom. The second-order valence-corrected chi connectivity index (χ2v) is 4.87. The van der Waals surface area contributed by atoms with Crippen molar-refractivity contribution < 1.29 is 9.13 Å². The van der Waals surface area contributed by atoms with E-state index in [0.717, 1.165) is 13.0 Å². The number of ether oxygens (including phenoxy) is 1. The van der Waals surface area contributed by atoms with Gasteiger partial charge in [0.05, 0.1) is 5.02 Å². The van der Waals surface area contributed by atoms with Crippen molar-refractivity contribution in [1.82, 2.24) is 9.97 Å². The number of halogens is 2. The van der Waals surface area contributed by atoms with Crippen LogP contribution in [0.1, 0.15) is 26.1 Å². The van der Waals surface area contributed by atoms with E-state index >= 15 is 0 Å². The number of anilines is 1. The summed E-state index contributed by atoms with van der Waals surface area (Å²) in [5.74, 6) is 1.75. The van der Waals surface area contributed by atoms with Gasteiger partial charge in [0.25, 0.3) is 0 Å². The maximum absolute atomic E-state index is 13.1. The van der Waals surface area contributed by atoms with Crippen molar-refractivity contribution in [3.8, 4) is 11.6 Å². The van der Waals surface area contributed by atoms with Crippen LogP contribution < -0.4 is 10.1 Å². The van der Waals surface area contributed by atoms with Crippen molar-refractivity contribution in [2.75, 3.05) is 11.9 Å². The van der Waals surface area contributed by atoms with Crippen LogP contribution in [0.15, 0.2) is 24.3 Å². The molecule has 6 heteroatoms. The van der Waals surface area contributed by atoms with Gasteiger partial charge in [-0.1, -0.05) is 25.4 Å². The smallest absolute Gasteiger partial charge is 0.224 e. The molecular formula is C15H17ClFN3O. The maximum atomic E-state index is 13.1. The topological polar surface area (TPSA) is 47.0 Å². The van der Waals surface area contributed by atoms with Gasteiger partial charge >= 0.3 is 0 Å². The van der Waals surface area contributed by atoms with E-state index in [1.165, 1.54) is 18.2 Å². The lowest BCUT2D eigenvalue weighted by Crippen LogP contribution is -2.05. The lowest BCUT2D eigenvalue weighted by Gasteiger charge is -2.10. The predicted molar refractivity (Wildman–Crippen MR) is 81.7 cm³/mol. The molecule has 0 unspecified atom stereocenters. The monoisotopic (exact) mass is 309 g/mol. The van der Waals surface area contributed by atoms with E-state index in [1.54, 1.807) is 6.07 Å². The molecule has 0 atom stereocenters. The fourth-order valence-corrected chi connectivity index (χ4v) is 1.86. The van der Waals surface area contributed by atoms with E-state index < -0.39 is 5.82 Å². The molecule has 0 saturated carbocycles. The predicted octanol–water partition coefficient (Wildman–Crippen LogP) is 4.45. The Balaban J connectivity index is 2.23. The number of hydrogen-bond acceptors (Lipinski definition) is 4. The van der Waals surface area contributed by atoms with Crippen LogP contribution in [0.25, 0.3) is 0 Å². The van der Waals surface area contributed by atoms with Crippen LogP contribution in [0, 0.1) is 5.82 Å². The molecule has 4 nitrogen and oxygen atoms in total. The van der Waals surface area contributed by atoms with Crippen molar-refractivity contribution in [2.45, 2.75) is 26.7 Å². The second kappa shape index (κ2) is 7.22. The number of aromatic nitrogens is 2. The normalized spacial score (nSPS) is 10.5. The molecule has 0 aliphatic rings. The first kappa shape index (κ1) is 15.5. The summed E-state index contributed by atoms with van der Waals surface area (Å²) in [4.78, 5) is 8.67. The molecule has 0 aliphatic heterocycles. The largest absolute Gasteiger partial charge is 0.439 e. The highest BCUT2D eigenvalue weighted by atomic mass is 35.5. The summed E-state index contributed by atoms with van der Waals surface area (Å²) < 4.78 is 18.8. The SMILES string of the molecule is CCCNc1cc(Oc2ccc(F)c(Cl)c2)nc(CC)n1. The molecule has 0 bridgehead atoms. The van der Waals surface area contributed by atoms with Gasteiger partial charge in [-0.3, -0.25) is 0 Å². The molecular weight excluding hydrogens is 293 g/mol. The molecule has 0 radical (unpaired) electrons. The molecule has 1 aromatic heterocycles. The molecule has 2 rings (SSSR count). The Morgan fingerprint density at radius 3 is 2.71 bits per heavy atom. The van der Waals surface area contributed by atoms with Crippen LogP contribution in [0.5, 0.6) is 11.6 Å². The summed E-state index contributed by atoms with van der Waals surface area (Å²) in [7, 11) is 0. The van der Waals surface area contributed by atoms with E-state index in [2.05, 4.69) is 22.2 Å². The van der Waals surface area contributed by atoms with Gasteiger partial charge in [-0.25, -0.2) is 9.37 Å². The van der Waals surface area contributed by atoms with Gasteiger partial charge < -0.3 is 10.1 Å². The summed E-state index contributed by atoms with van der Waals surface area (Å²) in [5, 5.41) is 3.21. The molecule has 0 saturated heterocycles. The molecule has 0 spiro atoms. The van der Waals surface area contributed by atoms with E-state index in [4.69, 9.17) is 16.3 Å². The Bertz CT molecular complexity index is 622. The molecule has 0 fully saturated rings. The second-order valence-electron chi connectivity index (χ2n) is 4.47. The van der Waals surface area contributed by atoms with Gasteiger partial charge in [-0.2, -0.15) is 4.98 Å². The van der Waals surface area contributed by atoms with Crippen LogP contribution in [0.2, 0.25) is 5.02 Å². The quantitative estimate of drug-likeness (QED) is 0.856. The van der Waals surface area contributed by atoms with Gasteiger partial charge in [0.1, 0.15) is 23.2 Å². The van der Waals surface area contributed by atoms with E-state index in [-0.39, 0.29) is 5.02 Å². The van der Waals surface area contributed by atoms with Gasteiger partial charge in [0.2, 0.25) is 5.88 Å². The third-order valence-electron chi connectivity index (χ3n) is 2.73. The summed E-state index contributed by atoms with van der Waals surface area (Å²) in [6.07, 6.45) is 1.69. The fourth-order valence-electron chi connectivity index (χ4n) is 1.69. The molecule has 21 heavy (non-hydrogen) atoms. The van der Waals surface area contributed by atoms with Crippen molar-refractivity contribution in [3.63, 3.8) is 0 Å². The minimum absolute atomic E-state index is 0.0154. The average molecular weight is 310 g/mol.